The van der Waals surface area contributed by atoms with E-state index >= 15 is 0 Å². The van der Waals surface area contributed by atoms with E-state index in [1.807, 2.05) is 13.8 Å². The maximum absolute atomic E-state index is 12.2. The van der Waals surface area contributed by atoms with Gasteiger partial charge in [-0.2, -0.15) is 0 Å². The Labute approximate surface area is 111 Å². The van der Waals surface area contributed by atoms with Crippen LogP contribution < -0.4 is 0 Å². The molecule has 98 valence electrons. The predicted octanol–water partition coefficient (Wildman–Crippen LogP) is 2.57. The summed E-state index contributed by atoms with van der Waals surface area (Å²) in [6.07, 6.45) is 2.50. The first kappa shape index (κ1) is 14.4. The van der Waals surface area contributed by atoms with E-state index in [9.17, 15) is 9.59 Å². The van der Waals surface area contributed by atoms with E-state index in [1.165, 1.54) is 17.4 Å². The molecule has 0 fully saturated rings. The number of aliphatic carboxylic acids is 1. The van der Waals surface area contributed by atoms with Crippen LogP contribution in [0.3, 0.4) is 0 Å². The highest BCUT2D eigenvalue weighted by molar-refractivity contribution is 7.12. The molecular weight excluding hydrogens is 250 g/mol. The summed E-state index contributed by atoms with van der Waals surface area (Å²) >= 11 is 1.33. The number of carbonyl (C=O) groups is 2. The van der Waals surface area contributed by atoms with Gasteiger partial charge in [0.2, 0.25) is 0 Å². The molecule has 0 bridgehead atoms. The summed E-state index contributed by atoms with van der Waals surface area (Å²) in [5, 5.41) is 10.4. The van der Waals surface area contributed by atoms with Crippen LogP contribution in [0.25, 0.3) is 6.08 Å². The molecule has 0 aromatic carbocycles. The number of hydrogen-bond donors (Lipinski definition) is 1. The van der Waals surface area contributed by atoms with Crippen LogP contribution in [0.5, 0.6) is 0 Å². The smallest absolute Gasteiger partial charge is 0.328 e. The minimum Gasteiger partial charge on any atom is -0.478 e. The average molecular weight is 267 g/mol. The summed E-state index contributed by atoms with van der Waals surface area (Å²) in [6, 6.07) is 1.75. The van der Waals surface area contributed by atoms with Gasteiger partial charge < -0.3 is 10.0 Å². The van der Waals surface area contributed by atoms with E-state index < -0.39 is 5.97 Å². The van der Waals surface area contributed by atoms with Gasteiger partial charge in [-0.05, 0) is 29.0 Å². The molecule has 0 aliphatic heterocycles. The highest BCUT2D eigenvalue weighted by atomic mass is 32.1. The first-order valence-electron chi connectivity index (χ1n) is 5.65. The first-order valence-corrected chi connectivity index (χ1v) is 6.53. The molecule has 5 heteroatoms. The summed E-state index contributed by atoms with van der Waals surface area (Å²) in [6.45, 7) is 4.77. The fourth-order valence-electron chi connectivity index (χ4n) is 1.59. The van der Waals surface area contributed by atoms with Crippen molar-refractivity contribution in [2.75, 3.05) is 13.6 Å². The van der Waals surface area contributed by atoms with Gasteiger partial charge in [0.25, 0.3) is 5.91 Å². The van der Waals surface area contributed by atoms with E-state index in [0.717, 1.165) is 6.08 Å². The highest BCUT2D eigenvalue weighted by Gasteiger charge is 2.16. The third-order valence-corrected chi connectivity index (χ3v) is 3.20. The number of amides is 1. The highest BCUT2D eigenvalue weighted by Crippen LogP contribution is 2.20. The zero-order valence-corrected chi connectivity index (χ0v) is 11.5. The maximum Gasteiger partial charge on any atom is 0.328 e. The van der Waals surface area contributed by atoms with Gasteiger partial charge in [0.15, 0.2) is 0 Å². The predicted molar refractivity (Wildman–Crippen MR) is 72.8 cm³/mol. The number of rotatable bonds is 5. The van der Waals surface area contributed by atoms with Crippen molar-refractivity contribution in [1.82, 2.24) is 4.90 Å². The lowest BCUT2D eigenvalue weighted by atomic mass is 10.2. The number of hydrogen-bond acceptors (Lipinski definition) is 3. The largest absolute Gasteiger partial charge is 0.478 e. The van der Waals surface area contributed by atoms with Crippen LogP contribution >= 0.6 is 11.3 Å². The van der Waals surface area contributed by atoms with Crippen molar-refractivity contribution in [3.8, 4) is 0 Å². The average Bonchev–Trinajstić information content (AvgIpc) is 2.72. The Morgan fingerprint density at radius 2 is 2.17 bits per heavy atom. The second-order valence-electron chi connectivity index (χ2n) is 4.46. The SMILES string of the molecule is CC(C)CN(C)C(=O)c1sccc1/C=C/C(=O)O. The normalized spacial score (nSPS) is 11.1. The van der Waals surface area contributed by atoms with Crippen molar-refractivity contribution in [3.63, 3.8) is 0 Å². The molecule has 1 aromatic heterocycles. The van der Waals surface area contributed by atoms with Gasteiger partial charge >= 0.3 is 5.97 Å². The Bertz CT molecular complexity index is 463. The molecule has 4 nitrogen and oxygen atoms in total. The fourth-order valence-corrected chi connectivity index (χ4v) is 2.47. The fraction of sp³-hybridized carbons (Fsp3) is 0.385. The molecule has 0 saturated carbocycles. The molecule has 1 N–H and O–H groups in total. The Balaban J connectivity index is 2.87. The molecule has 0 unspecified atom stereocenters. The Kier molecular flexibility index (Phi) is 5.09. The summed E-state index contributed by atoms with van der Waals surface area (Å²) < 4.78 is 0. The van der Waals surface area contributed by atoms with Crippen LogP contribution in [0.1, 0.15) is 29.1 Å². The lowest BCUT2D eigenvalue weighted by Gasteiger charge is -2.18. The molecule has 0 aliphatic rings. The van der Waals surface area contributed by atoms with Gasteiger partial charge in [-0.15, -0.1) is 11.3 Å². The van der Waals surface area contributed by atoms with Crippen LogP contribution in [-0.4, -0.2) is 35.5 Å². The topological polar surface area (TPSA) is 57.6 Å². The number of nitrogens with zero attached hydrogens (tertiary/aromatic N) is 1. The Morgan fingerprint density at radius 3 is 2.72 bits per heavy atom. The van der Waals surface area contributed by atoms with Crippen molar-refractivity contribution in [1.29, 1.82) is 0 Å². The molecule has 1 amide bonds. The third-order valence-electron chi connectivity index (χ3n) is 2.28. The number of carboxylic acid groups (broad SMARTS) is 1. The van der Waals surface area contributed by atoms with E-state index in [4.69, 9.17) is 5.11 Å². The lowest BCUT2D eigenvalue weighted by molar-refractivity contribution is -0.131. The third kappa shape index (κ3) is 4.00. The van der Waals surface area contributed by atoms with Crippen LogP contribution in [0.2, 0.25) is 0 Å². The molecular formula is C13H17NO3S. The van der Waals surface area contributed by atoms with Crippen molar-refractivity contribution < 1.29 is 14.7 Å². The molecule has 1 aromatic rings. The standard InChI is InChI=1S/C13H17NO3S/c1-9(2)8-14(3)13(17)12-10(6-7-18-12)4-5-11(15)16/h4-7,9H,8H2,1-3H3,(H,15,16)/b5-4+. The van der Waals surface area contributed by atoms with E-state index in [0.29, 0.717) is 22.9 Å². The zero-order valence-electron chi connectivity index (χ0n) is 10.7. The molecule has 18 heavy (non-hydrogen) atoms. The Hall–Kier alpha value is -1.62. The van der Waals surface area contributed by atoms with Crippen LogP contribution in [0.4, 0.5) is 0 Å². The first-order chi connectivity index (χ1) is 8.41. The second kappa shape index (κ2) is 6.35. The van der Waals surface area contributed by atoms with Gasteiger partial charge in [-0.25, -0.2) is 4.79 Å². The van der Waals surface area contributed by atoms with Crippen molar-refractivity contribution in [2.24, 2.45) is 5.92 Å². The number of carboxylic acids is 1. The molecule has 1 heterocycles. The number of carbonyl (C=O) groups excluding carboxylic acids is 1. The van der Waals surface area contributed by atoms with Gasteiger partial charge in [0.1, 0.15) is 0 Å². The Morgan fingerprint density at radius 1 is 1.50 bits per heavy atom. The van der Waals surface area contributed by atoms with Crippen molar-refractivity contribution >= 4 is 29.3 Å². The monoisotopic (exact) mass is 267 g/mol. The second-order valence-corrected chi connectivity index (χ2v) is 5.37. The summed E-state index contributed by atoms with van der Waals surface area (Å²) in [5.41, 5.74) is 0.656. The van der Waals surface area contributed by atoms with E-state index in [1.54, 1.807) is 23.4 Å². The van der Waals surface area contributed by atoms with E-state index in [-0.39, 0.29) is 5.91 Å². The van der Waals surface area contributed by atoms with Crippen LogP contribution in [-0.2, 0) is 4.79 Å². The molecule has 0 atom stereocenters. The molecule has 1 rings (SSSR count). The van der Waals surface area contributed by atoms with Crippen LogP contribution in [0, 0.1) is 5.92 Å². The molecule has 0 spiro atoms. The molecule has 0 radical (unpaired) electrons. The van der Waals surface area contributed by atoms with Gasteiger partial charge in [0.05, 0.1) is 4.88 Å². The minimum absolute atomic E-state index is 0.0660. The van der Waals surface area contributed by atoms with Crippen LogP contribution in [0.15, 0.2) is 17.5 Å². The maximum atomic E-state index is 12.2. The molecule has 0 aliphatic carbocycles. The minimum atomic E-state index is -1.02. The van der Waals surface area contributed by atoms with Crippen molar-refractivity contribution in [3.05, 3.63) is 28.0 Å². The van der Waals surface area contributed by atoms with Gasteiger partial charge in [-0.1, -0.05) is 13.8 Å². The zero-order chi connectivity index (χ0) is 13.7. The van der Waals surface area contributed by atoms with Gasteiger partial charge in [0, 0.05) is 19.7 Å². The van der Waals surface area contributed by atoms with Gasteiger partial charge in [-0.3, -0.25) is 4.79 Å². The summed E-state index contributed by atoms with van der Waals surface area (Å²) in [7, 11) is 1.76. The quantitative estimate of drug-likeness (QED) is 0.834. The summed E-state index contributed by atoms with van der Waals surface area (Å²) in [5.74, 6) is -0.684. The van der Waals surface area contributed by atoms with Crippen molar-refractivity contribution in [2.45, 2.75) is 13.8 Å². The summed E-state index contributed by atoms with van der Waals surface area (Å²) in [4.78, 5) is 24.9. The van der Waals surface area contributed by atoms with E-state index in [2.05, 4.69) is 0 Å². The number of thiophene rings is 1. The lowest BCUT2D eigenvalue weighted by Crippen LogP contribution is -2.30. The molecule has 0 saturated heterocycles.